The number of rotatable bonds is 4. The molecule has 0 heterocycles. The van der Waals surface area contributed by atoms with Crippen LogP contribution in [0, 0.1) is 0 Å². The van der Waals surface area contributed by atoms with Crippen molar-refractivity contribution in [3.63, 3.8) is 0 Å². The number of carbonyl (C=O) groups excluding carboxylic acids is 1. The molecule has 7 heteroatoms. The molecule has 3 rings (SSSR count). The molecule has 2 aromatic carbocycles. The van der Waals surface area contributed by atoms with Crippen LogP contribution in [-0.2, 0) is 21.2 Å². The van der Waals surface area contributed by atoms with Crippen molar-refractivity contribution in [1.29, 1.82) is 0 Å². The van der Waals surface area contributed by atoms with Crippen LogP contribution in [-0.4, -0.2) is 21.4 Å². The molecule has 0 bridgehead atoms. The van der Waals surface area contributed by atoms with E-state index >= 15 is 0 Å². The summed E-state index contributed by atoms with van der Waals surface area (Å²) < 4.78 is 32.4. The highest BCUT2D eigenvalue weighted by Crippen LogP contribution is 2.32. The van der Waals surface area contributed by atoms with E-state index in [-0.39, 0.29) is 9.92 Å². The first-order chi connectivity index (χ1) is 11.9. The van der Waals surface area contributed by atoms with E-state index in [4.69, 9.17) is 16.3 Å². The molecule has 1 atom stereocenters. The average Bonchev–Trinajstić information content (AvgIpc) is 2.61. The highest BCUT2D eigenvalue weighted by Gasteiger charge is 2.30. The van der Waals surface area contributed by atoms with Gasteiger partial charge in [0.25, 0.3) is 10.0 Å². The number of halogens is 1. The lowest BCUT2D eigenvalue weighted by Gasteiger charge is -2.24. The first-order valence-corrected chi connectivity index (χ1v) is 9.76. The van der Waals surface area contributed by atoms with E-state index < -0.39 is 21.8 Å². The van der Waals surface area contributed by atoms with Gasteiger partial charge in [-0.3, -0.25) is 4.79 Å². The summed E-state index contributed by atoms with van der Waals surface area (Å²) in [5, 5.41) is 0.0325. The molecule has 1 aliphatic rings. The van der Waals surface area contributed by atoms with Gasteiger partial charge in [-0.25, -0.2) is 13.1 Å². The molecular weight excluding hydrogens is 362 g/mol. The number of hydrogen-bond acceptors (Lipinski definition) is 4. The van der Waals surface area contributed by atoms with E-state index in [1.165, 1.54) is 19.2 Å². The van der Waals surface area contributed by atoms with Crippen molar-refractivity contribution in [3.8, 4) is 5.75 Å². The maximum atomic E-state index is 12.7. The Bertz CT molecular complexity index is 911. The zero-order valence-electron chi connectivity index (χ0n) is 13.7. The van der Waals surface area contributed by atoms with Crippen molar-refractivity contribution < 1.29 is 17.9 Å². The first kappa shape index (κ1) is 17.8. The van der Waals surface area contributed by atoms with Crippen molar-refractivity contribution in [2.24, 2.45) is 0 Å². The topological polar surface area (TPSA) is 72.5 Å². The zero-order chi connectivity index (χ0) is 18.0. The Labute approximate surface area is 152 Å². The van der Waals surface area contributed by atoms with Crippen LogP contribution < -0.4 is 9.46 Å². The van der Waals surface area contributed by atoms with Crippen LogP contribution in [0.1, 0.15) is 29.9 Å². The van der Waals surface area contributed by atoms with Crippen LogP contribution in [0.3, 0.4) is 0 Å². The summed E-state index contributed by atoms with van der Waals surface area (Å²) >= 11 is 6.00. The normalized spacial score (nSPS) is 16.8. The van der Waals surface area contributed by atoms with E-state index in [0.29, 0.717) is 12.2 Å². The molecule has 1 aliphatic carbocycles. The summed E-state index contributed by atoms with van der Waals surface area (Å²) in [5.74, 6) is -0.671. The molecule has 25 heavy (non-hydrogen) atoms. The number of methoxy groups -OCH3 is 1. The third-order valence-electron chi connectivity index (χ3n) is 4.35. The number of amides is 1. The van der Waals surface area contributed by atoms with Gasteiger partial charge < -0.3 is 4.74 Å². The second-order valence-electron chi connectivity index (χ2n) is 5.91. The molecule has 1 amide bonds. The van der Waals surface area contributed by atoms with Gasteiger partial charge in [-0.2, -0.15) is 0 Å². The molecule has 0 aliphatic heterocycles. The number of nitrogens with one attached hydrogen (secondary N) is 1. The minimum absolute atomic E-state index is 0.0325. The summed E-state index contributed by atoms with van der Waals surface area (Å²) in [7, 11) is -2.66. The Kier molecular flexibility index (Phi) is 5.01. The average molecular weight is 380 g/mol. The summed E-state index contributed by atoms with van der Waals surface area (Å²) in [6.07, 6.45) is 2.35. The number of hydrogen-bond donors (Lipinski definition) is 1. The van der Waals surface area contributed by atoms with Crippen LogP contribution >= 0.6 is 11.6 Å². The van der Waals surface area contributed by atoms with Gasteiger partial charge in [0.05, 0.1) is 18.1 Å². The number of carbonyl (C=O) groups is 1. The number of benzene rings is 2. The van der Waals surface area contributed by atoms with Crippen LogP contribution in [0.2, 0.25) is 5.02 Å². The third kappa shape index (κ3) is 3.65. The van der Waals surface area contributed by atoms with Gasteiger partial charge in [-0.1, -0.05) is 35.9 Å². The van der Waals surface area contributed by atoms with Gasteiger partial charge in [0.1, 0.15) is 10.6 Å². The summed E-state index contributed by atoms with van der Waals surface area (Å²) in [5.41, 5.74) is 1.98. The smallest absolute Gasteiger partial charge is 0.265 e. The molecule has 5 nitrogen and oxygen atoms in total. The molecular formula is C18H18ClNO4S. The van der Waals surface area contributed by atoms with Crippen molar-refractivity contribution in [2.45, 2.75) is 30.1 Å². The highest BCUT2D eigenvalue weighted by molar-refractivity contribution is 7.90. The number of fused-ring (bicyclic) bond motifs is 1. The Hall–Kier alpha value is -2.05. The van der Waals surface area contributed by atoms with Gasteiger partial charge in [-0.15, -0.1) is 0 Å². The van der Waals surface area contributed by atoms with Crippen molar-refractivity contribution in [3.05, 3.63) is 58.6 Å². The Morgan fingerprint density at radius 1 is 1.24 bits per heavy atom. The summed E-state index contributed by atoms with van der Waals surface area (Å²) in [6.45, 7) is 0. The van der Waals surface area contributed by atoms with Gasteiger partial charge in [0.15, 0.2) is 0 Å². The quantitative estimate of drug-likeness (QED) is 0.884. The molecule has 0 aromatic heterocycles. The van der Waals surface area contributed by atoms with Gasteiger partial charge in [-0.05, 0) is 42.5 Å². The summed E-state index contributed by atoms with van der Waals surface area (Å²) in [4.78, 5) is 12.5. The molecule has 0 radical (unpaired) electrons. The lowest BCUT2D eigenvalue weighted by atomic mass is 9.82. The molecule has 132 valence electrons. The predicted octanol–water partition coefficient (Wildman–Crippen LogP) is 3.27. The lowest BCUT2D eigenvalue weighted by Crippen LogP contribution is -2.36. The predicted molar refractivity (Wildman–Crippen MR) is 95.5 cm³/mol. The van der Waals surface area contributed by atoms with Crippen molar-refractivity contribution >= 4 is 27.5 Å². The van der Waals surface area contributed by atoms with Gasteiger partial charge in [0.2, 0.25) is 5.91 Å². The second-order valence-corrected chi connectivity index (χ2v) is 7.97. The van der Waals surface area contributed by atoms with Crippen LogP contribution in [0.5, 0.6) is 5.75 Å². The Balaban J connectivity index is 1.88. The fourth-order valence-electron chi connectivity index (χ4n) is 3.10. The third-order valence-corrected chi connectivity index (χ3v) is 6.18. The van der Waals surface area contributed by atoms with Gasteiger partial charge >= 0.3 is 0 Å². The maximum absolute atomic E-state index is 12.7. The monoisotopic (exact) mass is 379 g/mol. The molecule has 0 spiro atoms. The van der Waals surface area contributed by atoms with E-state index in [2.05, 4.69) is 4.72 Å². The molecule has 0 fully saturated rings. The largest absolute Gasteiger partial charge is 0.497 e. The van der Waals surface area contributed by atoms with E-state index in [1.807, 2.05) is 24.3 Å². The Morgan fingerprint density at radius 2 is 2.00 bits per heavy atom. The van der Waals surface area contributed by atoms with Crippen molar-refractivity contribution in [2.75, 3.05) is 7.11 Å². The fraction of sp³-hybridized carbons (Fsp3) is 0.278. The standard InChI is InChI=1S/C18H18ClNO4S/c1-24-13-9-10-16(19)17(11-13)25(22,23)20-18(21)15-8-4-6-12-5-2-3-7-14(12)15/h2-3,5,7,9-11,15H,4,6,8H2,1H3,(H,20,21)/t15-/m0/s1. The molecule has 0 saturated carbocycles. The van der Waals surface area contributed by atoms with E-state index in [0.717, 1.165) is 24.0 Å². The molecule has 1 N–H and O–H groups in total. The minimum atomic E-state index is -4.09. The Morgan fingerprint density at radius 3 is 2.76 bits per heavy atom. The van der Waals surface area contributed by atoms with Crippen LogP contribution in [0.15, 0.2) is 47.4 Å². The number of ether oxygens (including phenoxy) is 1. The fourth-order valence-corrected chi connectivity index (χ4v) is 4.64. The summed E-state index contributed by atoms with van der Waals surface area (Å²) in [6, 6.07) is 11.9. The zero-order valence-corrected chi connectivity index (χ0v) is 15.2. The van der Waals surface area contributed by atoms with Crippen molar-refractivity contribution in [1.82, 2.24) is 4.72 Å². The second kappa shape index (κ2) is 7.06. The van der Waals surface area contributed by atoms with Gasteiger partial charge in [0, 0.05) is 6.07 Å². The lowest BCUT2D eigenvalue weighted by molar-refractivity contribution is -0.121. The molecule has 2 aromatic rings. The molecule has 0 saturated heterocycles. The SMILES string of the molecule is COc1ccc(Cl)c(S(=O)(=O)NC(=O)[C@H]2CCCc3ccccc32)c1. The number of sulfonamides is 1. The first-order valence-electron chi connectivity index (χ1n) is 7.90. The number of aryl methyl sites for hydroxylation is 1. The van der Waals surface area contributed by atoms with Crippen LogP contribution in [0.25, 0.3) is 0 Å². The van der Waals surface area contributed by atoms with E-state index in [1.54, 1.807) is 6.07 Å². The maximum Gasteiger partial charge on any atom is 0.265 e. The minimum Gasteiger partial charge on any atom is -0.497 e. The molecule has 0 unspecified atom stereocenters. The highest BCUT2D eigenvalue weighted by atomic mass is 35.5. The van der Waals surface area contributed by atoms with Crippen LogP contribution in [0.4, 0.5) is 0 Å². The van der Waals surface area contributed by atoms with E-state index in [9.17, 15) is 13.2 Å².